The van der Waals surface area contributed by atoms with Gasteiger partial charge in [0.25, 0.3) is 0 Å². The average molecular weight is 457 g/mol. The molecular formula is C21H13F6NO4. The van der Waals surface area contributed by atoms with Crippen molar-refractivity contribution >= 4 is 5.97 Å². The summed E-state index contributed by atoms with van der Waals surface area (Å²) in [5.41, 5.74) is -0.434. The van der Waals surface area contributed by atoms with E-state index in [1.165, 1.54) is 36.4 Å². The molecule has 0 amide bonds. The van der Waals surface area contributed by atoms with Crippen molar-refractivity contribution in [2.45, 2.75) is 19.1 Å². The van der Waals surface area contributed by atoms with E-state index in [4.69, 9.17) is 0 Å². The Morgan fingerprint density at radius 1 is 0.750 bits per heavy atom. The molecule has 0 unspecified atom stereocenters. The lowest BCUT2D eigenvalue weighted by molar-refractivity contribution is -0.275. The molecule has 3 aromatic rings. The minimum atomic E-state index is -5.03. The molecule has 0 saturated heterocycles. The van der Waals surface area contributed by atoms with Crippen LogP contribution in [-0.4, -0.2) is 28.8 Å². The molecule has 5 nitrogen and oxygen atoms in total. The maximum absolute atomic E-state index is 12.8. The average Bonchev–Trinajstić information content (AvgIpc) is 2.66. The number of alkyl halides is 6. The van der Waals surface area contributed by atoms with Crippen molar-refractivity contribution in [3.63, 3.8) is 0 Å². The van der Waals surface area contributed by atoms with Crippen molar-refractivity contribution in [2.24, 2.45) is 0 Å². The highest BCUT2D eigenvalue weighted by atomic mass is 19.4. The summed E-state index contributed by atoms with van der Waals surface area (Å²) in [4.78, 5) is 15.4. The van der Waals surface area contributed by atoms with E-state index >= 15 is 0 Å². The summed E-state index contributed by atoms with van der Waals surface area (Å²) in [7, 11) is 0. The fourth-order valence-electron chi connectivity index (χ4n) is 3.10. The third-order valence-electron chi connectivity index (χ3n) is 4.19. The number of aromatic nitrogens is 1. The first-order valence-corrected chi connectivity index (χ1v) is 8.83. The highest BCUT2D eigenvalue weighted by Crippen LogP contribution is 2.41. The molecule has 0 bridgehead atoms. The van der Waals surface area contributed by atoms with E-state index in [-0.39, 0.29) is 27.8 Å². The number of carboxylic acid groups (broad SMARTS) is 1. The van der Waals surface area contributed by atoms with Crippen LogP contribution >= 0.6 is 0 Å². The molecule has 0 aliphatic rings. The molecule has 1 N–H and O–H groups in total. The van der Waals surface area contributed by atoms with Crippen LogP contribution in [0.25, 0.3) is 22.3 Å². The minimum Gasteiger partial charge on any atom is -0.481 e. The molecular weight excluding hydrogens is 444 g/mol. The summed E-state index contributed by atoms with van der Waals surface area (Å²) in [6.07, 6.45) is -8.53. The number of rotatable bonds is 6. The number of carboxylic acids is 1. The molecule has 0 spiro atoms. The van der Waals surface area contributed by atoms with Crippen LogP contribution in [0.15, 0.2) is 60.9 Å². The quantitative estimate of drug-likeness (QED) is 0.471. The predicted octanol–water partition coefficient (Wildman–Crippen LogP) is 5.84. The highest BCUT2D eigenvalue weighted by molar-refractivity contribution is 5.86. The van der Waals surface area contributed by atoms with Gasteiger partial charge < -0.3 is 14.6 Å². The van der Waals surface area contributed by atoms with Crippen molar-refractivity contribution in [3.05, 3.63) is 66.5 Å². The first kappa shape index (κ1) is 22.9. The number of ether oxygens (including phenoxy) is 2. The Hall–Kier alpha value is -3.76. The summed E-state index contributed by atoms with van der Waals surface area (Å²) in [5.74, 6) is -2.60. The number of aliphatic carboxylic acids is 1. The van der Waals surface area contributed by atoms with E-state index in [9.17, 15) is 36.2 Å². The zero-order valence-electron chi connectivity index (χ0n) is 15.9. The van der Waals surface area contributed by atoms with Crippen molar-refractivity contribution in [2.75, 3.05) is 0 Å². The number of hydrogen-bond donors (Lipinski definition) is 1. The molecule has 1 aromatic heterocycles. The Bertz CT molecular complexity index is 1050. The van der Waals surface area contributed by atoms with E-state index in [0.29, 0.717) is 0 Å². The van der Waals surface area contributed by atoms with Crippen molar-refractivity contribution in [1.82, 2.24) is 4.98 Å². The van der Waals surface area contributed by atoms with Crippen molar-refractivity contribution in [1.29, 1.82) is 0 Å². The van der Waals surface area contributed by atoms with E-state index < -0.39 is 36.6 Å². The van der Waals surface area contributed by atoms with Gasteiger partial charge in [0.1, 0.15) is 11.5 Å². The molecule has 168 valence electrons. The van der Waals surface area contributed by atoms with E-state index in [0.717, 1.165) is 24.5 Å². The van der Waals surface area contributed by atoms with Crippen LogP contribution in [0, 0.1) is 0 Å². The van der Waals surface area contributed by atoms with Gasteiger partial charge in [-0.15, -0.1) is 26.3 Å². The van der Waals surface area contributed by atoms with E-state index in [1.807, 2.05) is 0 Å². The molecule has 11 heteroatoms. The van der Waals surface area contributed by atoms with Gasteiger partial charge in [0.05, 0.1) is 6.42 Å². The predicted molar refractivity (Wildman–Crippen MR) is 99.8 cm³/mol. The Balaban J connectivity index is 2.24. The monoisotopic (exact) mass is 457 g/mol. The van der Waals surface area contributed by atoms with Crippen molar-refractivity contribution < 1.29 is 45.7 Å². The zero-order chi connectivity index (χ0) is 23.5. The second-order valence-corrected chi connectivity index (χ2v) is 6.37. The Kier molecular flexibility index (Phi) is 6.28. The first-order chi connectivity index (χ1) is 14.9. The van der Waals surface area contributed by atoms with Crippen LogP contribution in [0.2, 0.25) is 0 Å². The maximum atomic E-state index is 12.8. The third kappa shape index (κ3) is 5.68. The van der Waals surface area contributed by atoms with Gasteiger partial charge in [-0.3, -0.25) is 9.78 Å². The van der Waals surface area contributed by atoms with Gasteiger partial charge in [0, 0.05) is 34.6 Å². The Morgan fingerprint density at radius 2 is 1.16 bits per heavy atom. The molecule has 2 aromatic carbocycles. The highest BCUT2D eigenvalue weighted by Gasteiger charge is 2.34. The van der Waals surface area contributed by atoms with Crippen LogP contribution < -0.4 is 9.47 Å². The summed E-state index contributed by atoms with van der Waals surface area (Å²) in [6.45, 7) is 0. The fraction of sp³-hybridized carbons (Fsp3) is 0.143. The molecule has 0 aliphatic heterocycles. The van der Waals surface area contributed by atoms with Crippen molar-refractivity contribution in [3.8, 4) is 33.8 Å². The number of pyridine rings is 1. The van der Waals surface area contributed by atoms with E-state index in [1.54, 1.807) is 0 Å². The maximum Gasteiger partial charge on any atom is 0.573 e. The largest absolute Gasteiger partial charge is 0.573 e. The molecule has 0 atom stereocenters. The number of para-hydroxylation sites is 2. The lowest BCUT2D eigenvalue weighted by Gasteiger charge is -2.19. The van der Waals surface area contributed by atoms with Gasteiger partial charge >= 0.3 is 18.7 Å². The summed E-state index contributed by atoms with van der Waals surface area (Å²) in [5, 5.41) is 9.38. The lowest BCUT2D eigenvalue weighted by atomic mass is 9.91. The Morgan fingerprint density at radius 3 is 1.53 bits per heavy atom. The van der Waals surface area contributed by atoms with Crippen LogP contribution in [-0.2, 0) is 11.2 Å². The molecule has 1 heterocycles. The van der Waals surface area contributed by atoms with Gasteiger partial charge in [-0.2, -0.15) is 0 Å². The SMILES string of the molecule is O=C(O)Cc1c(-c2ccccc2OC(F)(F)F)cncc1-c1ccccc1OC(F)(F)F. The van der Waals surface area contributed by atoms with Crippen LogP contribution in [0.5, 0.6) is 11.5 Å². The number of halogens is 6. The minimum absolute atomic E-state index is 0.0495. The van der Waals surface area contributed by atoms with Gasteiger partial charge in [0.2, 0.25) is 0 Å². The smallest absolute Gasteiger partial charge is 0.481 e. The number of carbonyl (C=O) groups is 1. The van der Waals surface area contributed by atoms with Crippen LogP contribution in [0.1, 0.15) is 5.56 Å². The van der Waals surface area contributed by atoms with Gasteiger partial charge in [-0.1, -0.05) is 36.4 Å². The molecule has 0 radical (unpaired) electrons. The molecule has 3 rings (SSSR count). The van der Waals surface area contributed by atoms with Gasteiger partial charge in [0.15, 0.2) is 0 Å². The summed E-state index contributed by atoms with van der Waals surface area (Å²) >= 11 is 0. The molecule has 0 fully saturated rings. The van der Waals surface area contributed by atoms with Gasteiger partial charge in [-0.05, 0) is 17.7 Å². The molecule has 0 aliphatic carbocycles. The molecule has 0 saturated carbocycles. The Labute approximate surface area is 176 Å². The number of nitrogens with zero attached hydrogens (tertiary/aromatic N) is 1. The third-order valence-corrected chi connectivity index (χ3v) is 4.19. The van der Waals surface area contributed by atoms with Gasteiger partial charge in [-0.25, -0.2) is 0 Å². The zero-order valence-corrected chi connectivity index (χ0v) is 15.9. The fourth-order valence-corrected chi connectivity index (χ4v) is 3.10. The second-order valence-electron chi connectivity index (χ2n) is 6.37. The van der Waals surface area contributed by atoms with Crippen LogP contribution in [0.3, 0.4) is 0 Å². The summed E-state index contributed by atoms with van der Waals surface area (Å²) in [6, 6.07) is 9.93. The topological polar surface area (TPSA) is 68.7 Å². The lowest BCUT2D eigenvalue weighted by Crippen LogP contribution is -2.18. The van der Waals surface area contributed by atoms with Crippen LogP contribution in [0.4, 0.5) is 26.3 Å². The standard InChI is InChI=1S/C21H13F6NO4/c22-20(23,24)31-17-7-3-1-5-12(17)15-10-28-11-16(14(15)9-19(29)30)13-6-2-4-8-18(13)32-21(25,26)27/h1-8,10-11H,9H2,(H,29,30). The second kappa shape index (κ2) is 8.77. The number of hydrogen-bond acceptors (Lipinski definition) is 4. The van der Waals surface area contributed by atoms with E-state index in [2.05, 4.69) is 14.5 Å². The normalized spacial score (nSPS) is 11.8. The first-order valence-electron chi connectivity index (χ1n) is 8.83. The number of benzene rings is 2. The summed E-state index contributed by atoms with van der Waals surface area (Å²) < 4.78 is 85.2. The molecule has 32 heavy (non-hydrogen) atoms.